The van der Waals surface area contributed by atoms with Crippen LogP contribution in [-0.2, 0) is 24.8 Å². The van der Waals surface area contributed by atoms with E-state index < -0.39 is 0 Å². The van der Waals surface area contributed by atoms with E-state index >= 15 is 0 Å². The summed E-state index contributed by atoms with van der Waals surface area (Å²) in [7, 11) is 3.74. The smallest absolute Gasteiger partial charge is 0.122 e. The normalized spacial score (nSPS) is 19.3. The fourth-order valence-corrected chi connectivity index (χ4v) is 2.86. The summed E-state index contributed by atoms with van der Waals surface area (Å²) in [6.07, 6.45) is 4.97. The van der Waals surface area contributed by atoms with Gasteiger partial charge in [0.15, 0.2) is 0 Å². The second-order valence-corrected chi connectivity index (χ2v) is 5.74. The summed E-state index contributed by atoms with van der Waals surface area (Å²) in [6, 6.07) is 8.21. The van der Waals surface area contributed by atoms with Crippen LogP contribution < -0.4 is 4.74 Å². The van der Waals surface area contributed by atoms with Gasteiger partial charge in [0.1, 0.15) is 11.6 Å². The van der Waals surface area contributed by atoms with Gasteiger partial charge in [-0.2, -0.15) is 0 Å². The van der Waals surface area contributed by atoms with Gasteiger partial charge in [-0.05, 0) is 17.7 Å². The molecule has 5 heteroatoms. The fourth-order valence-electron chi connectivity index (χ4n) is 2.86. The molecule has 0 N–H and O–H groups in total. The lowest BCUT2D eigenvalue weighted by Gasteiger charge is -2.32. The Bertz CT molecular complexity index is 611. The van der Waals surface area contributed by atoms with Crippen molar-refractivity contribution in [3.8, 4) is 5.75 Å². The summed E-state index contributed by atoms with van der Waals surface area (Å²) in [4.78, 5) is 6.82. The quantitative estimate of drug-likeness (QED) is 0.845. The Morgan fingerprint density at radius 2 is 2.32 bits per heavy atom. The monoisotopic (exact) mass is 301 g/mol. The molecule has 22 heavy (non-hydrogen) atoms. The lowest BCUT2D eigenvalue weighted by Crippen LogP contribution is -2.43. The molecule has 2 heterocycles. The Labute approximate surface area is 131 Å². The van der Waals surface area contributed by atoms with Crippen molar-refractivity contribution in [2.75, 3.05) is 26.8 Å². The zero-order valence-corrected chi connectivity index (χ0v) is 13.2. The Morgan fingerprint density at radius 1 is 1.41 bits per heavy atom. The maximum atomic E-state index is 5.93. The van der Waals surface area contributed by atoms with E-state index in [-0.39, 0.29) is 6.10 Å². The Kier molecular flexibility index (Phi) is 4.75. The summed E-state index contributed by atoms with van der Waals surface area (Å²) < 4.78 is 13.3. The van der Waals surface area contributed by atoms with Crippen molar-refractivity contribution in [2.45, 2.75) is 19.1 Å². The van der Waals surface area contributed by atoms with Gasteiger partial charge in [-0.1, -0.05) is 12.1 Å². The number of aryl methyl sites for hydroxylation is 1. The lowest BCUT2D eigenvalue weighted by molar-refractivity contribution is -0.0314. The van der Waals surface area contributed by atoms with E-state index in [0.29, 0.717) is 0 Å². The predicted octanol–water partition coefficient (Wildman–Crippen LogP) is 1.87. The summed E-state index contributed by atoms with van der Waals surface area (Å²) in [5.74, 6) is 2.00. The Balaban J connectivity index is 1.59. The summed E-state index contributed by atoms with van der Waals surface area (Å²) >= 11 is 0. The van der Waals surface area contributed by atoms with E-state index in [1.807, 2.05) is 31.6 Å². The van der Waals surface area contributed by atoms with Crippen molar-refractivity contribution in [1.82, 2.24) is 14.5 Å². The number of ether oxygens (including phenoxy) is 2. The highest BCUT2D eigenvalue weighted by atomic mass is 16.5. The first-order valence-electron chi connectivity index (χ1n) is 7.67. The van der Waals surface area contributed by atoms with Crippen LogP contribution in [-0.4, -0.2) is 47.4 Å². The zero-order chi connectivity index (χ0) is 15.4. The number of methoxy groups -OCH3 is 1. The zero-order valence-electron chi connectivity index (χ0n) is 13.2. The number of rotatable bonds is 5. The molecule has 0 radical (unpaired) electrons. The average Bonchev–Trinajstić information content (AvgIpc) is 2.93. The molecule has 3 rings (SSSR count). The molecule has 0 bridgehead atoms. The topological polar surface area (TPSA) is 39.5 Å². The lowest BCUT2D eigenvalue weighted by atomic mass is 10.1. The van der Waals surface area contributed by atoms with Crippen LogP contribution >= 0.6 is 0 Å². The van der Waals surface area contributed by atoms with Crippen LogP contribution in [0.15, 0.2) is 36.7 Å². The van der Waals surface area contributed by atoms with Crippen LogP contribution in [0.25, 0.3) is 0 Å². The van der Waals surface area contributed by atoms with Crippen molar-refractivity contribution in [3.63, 3.8) is 0 Å². The van der Waals surface area contributed by atoms with Gasteiger partial charge in [-0.25, -0.2) is 4.98 Å². The molecule has 1 aromatic carbocycles. The van der Waals surface area contributed by atoms with E-state index in [4.69, 9.17) is 9.47 Å². The maximum absolute atomic E-state index is 5.93. The average molecular weight is 301 g/mol. The minimum absolute atomic E-state index is 0.223. The Morgan fingerprint density at radius 3 is 3.09 bits per heavy atom. The molecule has 1 atom stereocenters. The molecular weight excluding hydrogens is 278 g/mol. The highest BCUT2D eigenvalue weighted by Gasteiger charge is 2.21. The van der Waals surface area contributed by atoms with Gasteiger partial charge in [0.25, 0.3) is 0 Å². The molecule has 0 unspecified atom stereocenters. The van der Waals surface area contributed by atoms with Crippen LogP contribution in [0.4, 0.5) is 0 Å². The predicted molar refractivity (Wildman–Crippen MR) is 84.9 cm³/mol. The minimum Gasteiger partial charge on any atom is -0.497 e. The molecule has 1 aliphatic heterocycles. The molecule has 1 fully saturated rings. The molecule has 0 aliphatic carbocycles. The number of hydrogen-bond acceptors (Lipinski definition) is 4. The third-order valence-electron chi connectivity index (χ3n) is 4.11. The number of hydrogen-bond donors (Lipinski definition) is 0. The van der Waals surface area contributed by atoms with Crippen LogP contribution in [0, 0.1) is 0 Å². The highest BCUT2D eigenvalue weighted by Crippen LogP contribution is 2.17. The number of imidazole rings is 1. The standard InChI is InChI=1S/C17H23N3O2/c1-19-7-6-18-17(19)13-20-8-9-22-16(12-20)11-14-4-3-5-15(10-14)21-2/h3-7,10,16H,8-9,11-13H2,1-2H3/t16-/m1/s1. The molecule has 0 spiro atoms. The van der Waals surface area contributed by atoms with Crippen LogP contribution in [0.1, 0.15) is 11.4 Å². The first-order valence-corrected chi connectivity index (χ1v) is 7.67. The number of morpholine rings is 1. The van der Waals surface area contributed by atoms with Crippen molar-refractivity contribution >= 4 is 0 Å². The van der Waals surface area contributed by atoms with Gasteiger partial charge in [0, 0.05) is 39.0 Å². The number of benzene rings is 1. The van der Waals surface area contributed by atoms with Crippen molar-refractivity contribution < 1.29 is 9.47 Å². The number of aromatic nitrogens is 2. The van der Waals surface area contributed by atoms with Crippen molar-refractivity contribution in [1.29, 1.82) is 0 Å². The SMILES string of the molecule is COc1cccc(C[C@@H]2CN(Cc3nccn3C)CCO2)c1. The molecule has 5 nitrogen and oxygen atoms in total. The molecule has 1 aliphatic rings. The molecule has 1 aromatic heterocycles. The molecule has 2 aromatic rings. The van der Waals surface area contributed by atoms with Gasteiger partial charge < -0.3 is 14.0 Å². The molecular formula is C17H23N3O2. The van der Waals surface area contributed by atoms with Crippen LogP contribution in [0.5, 0.6) is 5.75 Å². The first-order chi connectivity index (χ1) is 10.7. The van der Waals surface area contributed by atoms with Gasteiger partial charge in [0.2, 0.25) is 0 Å². The Hall–Kier alpha value is -1.85. The van der Waals surface area contributed by atoms with Crippen LogP contribution in [0.2, 0.25) is 0 Å². The van der Waals surface area contributed by atoms with E-state index in [1.54, 1.807) is 7.11 Å². The maximum Gasteiger partial charge on any atom is 0.122 e. The fraction of sp³-hybridized carbons (Fsp3) is 0.471. The summed E-state index contributed by atoms with van der Waals surface area (Å²) in [6.45, 7) is 3.55. The van der Waals surface area contributed by atoms with Crippen molar-refractivity contribution in [2.24, 2.45) is 7.05 Å². The highest BCUT2D eigenvalue weighted by molar-refractivity contribution is 5.28. The third-order valence-corrected chi connectivity index (χ3v) is 4.11. The molecule has 0 saturated carbocycles. The van der Waals surface area contributed by atoms with Crippen LogP contribution in [0.3, 0.4) is 0 Å². The number of nitrogens with zero attached hydrogens (tertiary/aromatic N) is 3. The third kappa shape index (κ3) is 3.67. The molecule has 1 saturated heterocycles. The van der Waals surface area contributed by atoms with Gasteiger partial charge in [-0.15, -0.1) is 0 Å². The molecule has 118 valence electrons. The minimum atomic E-state index is 0.223. The largest absolute Gasteiger partial charge is 0.497 e. The summed E-state index contributed by atoms with van der Waals surface area (Å²) in [5, 5.41) is 0. The van der Waals surface area contributed by atoms with Gasteiger partial charge in [-0.3, -0.25) is 4.90 Å². The van der Waals surface area contributed by atoms with E-state index in [2.05, 4.69) is 26.6 Å². The first kappa shape index (κ1) is 15.1. The summed E-state index contributed by atoms with van der Waals surface area (Å²) in [5.41, 5.74) is 1.25. The van der Waals surface area contributed by atoms with E-state index in [9.17, 15) is 0 Å². The van der Waals surface area contributed by atoms with E-state index in [1.165, 1.54) is 5.56 Å². The second kappa shape index (κ2) is 6.94. The molecule has 0 amide bonds. The van der Waals surface area contributed by atoms with Gasteiger partial charge >= 0.3 is 0 Å². The van der Waals surface area contributed by atoms with Gasteiger partial charge in [0.05, 0.1) is 26.4 Å². The van der Waals surface area contributed by atoms with E-state index in [0.717, 1.165) is 44.2 Å². The van der Waals surface area contributed by atoms with Crippen molar-refractivity contribution in [3.05, 3.63) is 48.0 Å². The second-order valence-electron chi connectivity index (χ2n) is 5.74.